The largest absolute Gasteiger partial charge is 0.450 e. The molecule has 0 aromatic rings. The normalized spacial score (nSPS) is 10.2. The predicted octanol–water partition coefficient (Wildman–Crippen LogP) is 0.716. The molecule has 1 radical (unpaired) electrons. The molecule has 0 amide bonds. The molecule has 0 aliphatic heterocycles. The van der Waals surface area contributed by atoms with Crippen LogP contribution in [-0.4, -0.2) is 36.6 Å². The van der Waals surface area contributed by atoms with Gasteiger partial charge in [0.05, 0.1) is 6.42 Å². The maximum Gasteiger partial charge on any atom is 0.450 e. The molecule has 0 saturated heterocycles. The van der Waals surface area contributed by atoms with Crippen LogP contribution in [0.4, 0.5) is 13.2 Å². The first kappa shape index (κ1) is 13.3. The van der Waals surface area contributed by atoms with E-state index in [0.29, 0.717) is 0 Å². The van der Waals surface area contributed by atoms with Crippen molar-refractivity contribution < 1.29 is 22.8 Å². The Kier molecular flexibility index (Phi) is 5.54. The van der Waals surface area contributed by atoms with E-state index in [9.17, 15) is 22.8 Å². The molecule has 0 aromatic heterocycles. The second-order valence-corrected chi connectivity index (χ2v) is 1.80. The van der Waals surface area contributed by atoms with Crippen molar-refractivity contribution in [3.05, 3.63) is 0 Å². The SMILES string of the molecule is CC(=O)CC(=O)C(F)(F)F.[Li]. The molecule has 0 bridgehead atoms. The zero-order valence-electron chi connectivity index (χ0n) is 6.16. The Morgan fingerprint density at radius 3 is 1.73 bits per heavy atom. The van der Waals surface area contributed by atoms with Crippen LogP contribution in [-0.2, 0) is 9.59 Å². The molecule has 11 heavy (non-hydrogen) atoms. The van der Waals surface area contributed by atoms with E-state index in [-0.39, 0.29) is 18.9 Å². The van der Waals surface area contributed by atoms with E-state index < -0.39 is 24.2 Å². The fourth-order valence-electron chi connectivity index (χ4n) is 0.326. The molecule has 0 spiro atoms. The zero-order valence-corrected chi connectivity index (χ0v) is 6.16. The summed E-state index contributed by atoms with van der Waals surface area (Å²) in [6, 6.07) is 0. The van der Waals surface area contributed by atoms with Gasteiger partial charge in [-0.05, 0) is 6.92 Å². The van der Waals surface area contributed by atoms with E-state index in [2.05, 4.69) is 0 Å². The predicted molar refractivity (Wildman–Crippen MR) is 32.1 cm³/mol. The van der Waals surface area contributed by atoms with Gasteiger partial charge in [-0.25, -0.2) is 0 Å². The summed E-state index contributed by atoms with van der Waals surface area (Å²) in [7, 11) is 0. The van der Waals surface area contributed by atoms with Gasteiger partial charge in [0.25, 0.3) is 0 Å². The van der Waals surface area contributed by atoms with Crippen molar-refractivity contribution in [1.82, 2.24) is 0 Å². The van der Waals surface area contributed by atoms with Crippen LogP contribution in [0.5, 0.6) is 0 Å². The number of alkyl halides is 3. The average Bonchev–Trinajstić information content (AvgIpc) is 1.60. The van der Waals surface area contributed by atoms with Gasteiger partial charge in [0.15, 0.2) is 0 Å². The van der Waals surface area contributed by atoms with Gasteiger partial charge in [-0.2, -0.15) is 13.2 Å². The Balaban J connectivity index is 0. The van der Waals surface area contributed by atoms with E-state index in [1.54, 1.807) is 0 Å². The zero-order chi connectivity index (χ0) is 8.36. The van der Waals surface area contributed by atoms with Crippen LogP contribution < -0.4 is 0 Å². The Labute approximate surface area is 73.3 Å². The minimum absolute atomic E-state index is 0. The number of hydrogen-bond donors (Lipinski definition) is 0. The summed E-state index contributed by atoms with van der Waals surface area (Å²) < 4.78 is 33.9. The van der Waals surface area contributed by atoms with E-state index in [1.807, 2.05) is 0 Å². The molecule has 0 atom stereocenters. The summed E-state index contributed by atoms with van der Waals surface area (Å²) >= 11 is 0. The Hall–Kier alpha value is -0.273. The van der Waals surface area contributed by atoms with Gasteiger partial charge >= 0.3 is 6.18 Å². The third-order valence-corrected chi connectivity index (χ3v) is 0.726. The van der Waals surface area contributed by atoms with Gasteiger partial charge in [0.1, 0.15) is 5.78 Å². The van der Waals surface area contributed by atoms with Crippen LogP contribution >= 0.6 is 0 Å². The Morgan fingerprint density at radius 1 is 1.27 bits per heavy atom. The third-order valence-electron chi connectivity index (χ3n) is 0.726. The van der Waals surface area contributed by atoms with Crippen LogP contribution in [0.1, 0.15) is 13.3 Å². The van der Waals surface area contributed by atoms with Crippen LogP contribution in [0.3, 0.4) is 0 Å². The van der Waals surface area contributed by atoms with Gasteiger partial charge in [-0.15, -0.1) is 0 Å². The van der Waals surface area contributed by atoms with Crippen LogP contribution in [0.15, 0.2) is 0 Å². The minimum atomic E-state index is -4.87. The molecule has 0 N–H and O–H groups in total. The summed E-state index contributed by atoms with van der Waals surface area (Å²) in [4.78, 5) is 19.9. The number of hydrogen-bond acceptors (Lipinski definition) is 2. The van der Waals surface area contributed by atoms with Gasteiger partial charge in [0, 0.05) is 18.9 Å². The molecule has 0 heterocycles. The van der Waals surface area contributed by atoms with Gasteiger partial charge < -0.3 is 0 Å². The number of halogens is 3. The van der Waals surface area contributed by atoms with Gasteiger partial charge in [0.2, 0.25) is 5.78 Å². The Morgan fingerprint density at radius 2 is 1.64 bits per heavy atom. The maximum absolute atomic E-state index is 11.3. The molecule has 59 valence electrons. The summed E-state index contributed by atoms with van der Waals surface area (Å²) in [6.07, 6.45) is -5.92. The maximum atomic E-state index is 11.3. The van der Waals surface area contributed by atoms with E-state index in [0.717, 1.165) is 6.92 Å². The molecule has 2 nitrogen and oxygen atoms in total. The second kappa shape index (κ2) is 4.57. The standard InChI is InChI=1S/C5H5F3O2.Li/c1-3(9)2-4(10)5(6,7)8;/h2H2,1H3;. The number of rotatable bonds is 2. The molecular formula is C5H5F3LiO2. The van der Waals surface area contributed by atoms with Crippen molar-refractivity contribution in [1.29, 1.82) is 0 Å². The average molecular weight is 161 g/mol. The first-order chi connectivity index (χ1) is 4.34. The quantitative estimate of drug-likeness (QED) is 0.441. The van der Waals surface area contributed by atoms with Crippen molar-refractivity contribution in [2.75, 3.05) is 0 Å². The second-order valence-electron chi connectivity index (χ2n) is 1.80. The molecule has 0 saturated carbocycles. The third kappa shape index (κ3) is 6.14. The molecule has 0 fully saturated rings. The number of carbonyl (C=O) groups is 2. The first-order valence-electron chi connectivity index (χ1n) is 2.43. The summed E-state index contributed by atoms with van der Waals surface area (Å²) in [5.74, 6) is -2.76. The molecular weight excluding hydrogens is 156 g/mol. The van der Waals surface area contributed by atoms with Crippen molar-refractivity contribution in [2.45, 2.75) is 19.5 Å². The molecule has 0 aliphatic carbocycles. The van der Waals surface area contributed by atoms with Crippen molar-refractivity contribution >= 4 is 30.4 Å². The smallest absolute Gasteiger partial charge is 0.300 e. The van der Waals surface area contributed by atoms with Gasteiger partial charge in [-0.3, -0.25) is 9.59 Å². The molecule has 0 aliphatic rings. The summed E-state index contributed by atoms with van der Waals surface area (Å²) in [5, 5.41) is 0. The molecule has 0 rings (SSSR count). The van der Waals surface area contributed by atoms with Crippen LogP contribution in [0, 0.1) is 0 Å². The van der Waals surface area contributed by atoms with E-state index >= 15 is 0 Å². The molecule has 0 unspecified atom stereocenters. The van der Waals surface area contributed by atoms with Crippen LogP contribution in [0.2, 0.25) is 0 Å². The number of ketones is 2. The van der Waals surface area contributed by atoms with Crippen LogP contribution in [0.25, 0.3) is 0 Å². The molecule has 6 heteroatoms. The summed E-state index contributed by atoms with van der Waals surface area (Å²) in [6.45, 7) is 0.934. The van der Waals surface area contributed by atoms with E-state index in [4.69, 9.17) is 0 Å². The fourth-order valence-corrected chi connectivity index (χ4v) is 0.326. The number of carbonyl (C=O) groups excluding carboxylic acids is 2. The van der Waals surface area contributed by atoms with E-state index in [1.165, 1.54) is 0 Å². The van der Waals surface area contributed by atoms with Gasteiger partial charge in [-0.1, -0.05) is 0 Å². The fraction of sp³-hybridized carbons (Fsp3) is 0.600. The van der Waals surface area contributed by atoms with Crippen molar-refractivity contribution in [2.24, 2.45) is 0 Å². The monoisotopic (exact) mass is 161 g/mol. The summed E-state index contributed by atoms with van der Waals surface area (Å²) in [5.41, 5.74) is 0. The minimum Gasteiger partial charge on any atom is -0.300 e. The van der Waals surface area contributed by atoms with Crippen molar-refractivity contribution in [3.8, 4) is 0 Å². The topological polar surface area (TPSA) is 34.1 Å². The first-order valence-corrected chi connectivity index (χ1v) is 2.43. The Bertz CT molecular complexity index is 164. The molecule has 0 aromatic carbocycles. The van der Waals surface area contributed by atoms with Crippen molar-refractivity contribution in [3.63, 3.8) is 0 Å². The number of Topliss-reactive ketones (excluding diaryl/α,β-unsaturated/α-hetero) is 2.